The van der Waals surface area contributed by atoms with Crippen molar-refractivity contribution in [3.8, 4) is 5.69 Å². The summed E-state index contributed by atoms with van der Waals surface area (Å²) >= 11 is 11.9. The number of halogens is 2. The van der Waals surface area contributed by atoms with Crippen molar-refractivity contribution in [1.82, 2.24) is 24.5 Å². The van der Waals surface area contributed by atoms with E-state index in [2.05, 4.69) is 15.3 Å². The molecule has 1 N–H and O–H groups in total. The largest absolute Gasteiger partial charge is 0.396 e. The molecule has 0 atom stereocenters. The van der Waals surface area contributed by atoms with Crippen LogP contribution in [0.25, 0.3) is 5.69 Å². The van der Waals surface area contributed by atoms with Crippen LogP contribution in [0.2, 0.25) is 10.0 Å². The van der Waals surface area contributed by atoms with Gasteiger partial charge in [-0.25, -0.2) is 9.67 Å². The van der Waals surface area contributed by atoms with Gasteiger partial charge < -0.3 is 9.67 Å². The van der Waals surface area contributed by atoms with Gasteiger partial charge in [-0.05, 0) is 18.2 Å². The molecule has 2 heterocycles. The first-order valence-electron chi connectivity index (χ1n) is 6.65. The minimum Gasteiger partial charge on any atom is -0.396 e. The average Bonchev–Trinajstić information content (AvgIpc) is 3.13. The number of nitrogens with zero attached hydrogens (tertiary/aromatic N) is 5. The third kappa shape index (κ3) is 3.14. The molecule has 0 aliphatic carbocycles. The van der Waals surface area contributed by atoms with Gasteiger partial charge >= 0.3 is 0 Å². The zero-order valence-electron chi connectivity index (χ0n) is 11.5. The molecule has 114 valence electrons. The Bertz CT molecular complexity index is 783. The van der Waals surface area contributed by atoms with Crippen molar-refractivity contribution >= 4 is 23.2 Å². The predicted octanol–water partition coefficient (Wildman–Crippen LogP) is 2.35. The van der Waals surface area contributed by atoms with Crippen LogP contribution in [0.1, 0.15) is 11.5 Å². The molecule has 2 aromatic heterocycles. The Kier molecular flexibility index (Phi) is 4.42. The SMILES string of the molecule is OCCc1nccn1Cc1cn(-c2ccc(Cl)c(Cl)c2)nn1. The van der Waals surface area contributed by atoms with Crippen molar-refractivity contribution in [2.24, 2.45) is 0 Å². The summed E-state index contributed by atoms with van der Waals surface area (Å²) < 4.78 is 3.57. The number of aliphatic hydroxyl groups is 1. The van der Waals surface area contributed by atoms with E-state index < -0.39 is 0 Å². The Morgan fingerprint density at radius 2 is 2.05 bits per heavy atom. The Hall–Kier alpha value is -1.89. The molecule has 1 aromatic carbocycles. The molecular formula is C14H13Cl2N5O. The van der Waals surface area contributed by atoms with Crippen LogP contribution in [0.3, 0.4) is 0 Å². The van der Waals surface area contributed by atoms with Crippen molar-refractivity contribution in [2.75, 3.05) is 6.61 Å². The van der Waals surface area contributed by atoms with E-state index in [1.54, 1.807) is 23.0 Å². The minimum absolute atomic E-state index is 0.0625. The Morgan fingerprint density at radius 1 is 1.18 bits per heavy atom. The van der Waals surface area contributed by atoms with Crippen LogP contribution < -0.4 is 0 Å². The zero-order valence-corrected chi connectivity index (χ0v) is 13.0. The van der Waals surface area contributed by atoms with Gasteiger partial charge in [0.25, 0.3) is 0 Å². The number of hydrogen-bond acceptors (Lipinski definition) is 4. The van der Waals surface area contributed by atoms with Crippen molar-refractivity contribution in [1.29, 1.82) is 0 Å². The maximum atomic E-state index is 9.02. The van der Waals surface area contributed by atoms with E-state index in [1.165, 1.54) is 0 Å². The van der Waals surface area contributed by atoms with E-state index in [9.17, 15) is 0 Å². The summed E-state index contributed by atoms with van der Waals surface area (Å²) in [6.45, 7) is 0.601. The molecule has 3 rings (SSSR count). The molecule has 0 spiro atoms. The number of benzene rings is 1. The Labute approximate surface area is 136 Å². The fourth-order valence-corrected chi connectivity index (χ4v) is 2.40. The van der Waals surface area contributed by atoms with E-state index in [1.807, 2.05) is 23.0 Å². The summed E-state index contributed by atoms with van der Waals surface area (Å²) in [5, 5.41) is 18.2. The van der Waals surface area contributed by atoms with Crippen LogP contribution in [0, 0.1) is 0 Å². The van der Waals surface area contributed by atoms with Crippen molar-refractivity contribution in [3.63, 3.8) is 0 Å². The molecular weight excluding hydrogens is 325 g/mol. The van der Waals surface area contributed by atoms with Gasteiger partial charge in [0, 0.05) is 18.8 Å². The van der Waals surface area contributed by atoms with Gasteiger partial charge in [0.2, 0.25) is 0 Å². The highest BCUT2D eigenvalue weighted by Gasteiger charge is 2.08. The monoisotopic (exact) mass is 337 g/mol. The highest BCUT2D eigenvalue weighted by atomic mass is 35.5. The second kappa shape index (κ2) is 6.48. The Balaban J connectivity index is 1.81. The third-order valence-corrected chi connectivity index (χ3v) is 3.92. The van der Waals surface area contributed by atoms with Crippen LogP contribution in [-0.2, 0) is 13.0 Å². The lowest BCUT2D eigenvalue weighted by molar-refractivity contribution is 0.295. The first-order chi connectivity index (χ1) is 10.7. The van der Waals surface area contributed by atoms with Gasteiger partial charge in [-0.1, -0.05) is 28.4 Å². The van der Waals surface area contributed by atoms with Gasteiger partial charge in [0.1, 0.15) is 11.5 Å². The number of aromatic nitrogens is 5. The number of rotatable bonds is 5. The molecule has 0 fully saturated rings. The lowest BCUT2D eigenvalue weighted by Crippen LogP contribution is -2.06. The maximum absolute atomic E-state index is 9.02. The van der Waals surface area contributed by atoms with Crippen LogP contribution in [0.15, 0.2) is 36.8 Å². The molecule has 8 heteroatoms. The molecule has 0 unspecified atom stereocenters. The maximum Gasteiger partial charge on any atom is 0.111 e. The summed E-state index contributed by atoms with van der Waals surface area (Å²) in [6, 6.07) is 5.27. The number of imidazole rings is 1. The molecule has 22 heavy (non-hydrogen) atoms. The molecule has 3 aromatic rings. The normalized spacial score (nSPS) is 11.0. The van der Waals surface area contributed by atoms with Crippen LogP contribution >= 0.6 is 23.2 Å². The second-order valence-electron chi connectivity index (χ2n) is 4.70. The molecule has 0 saturated carbocycles. The quantitative estimate of drug-likeness (QED) is 0.775. The molecule has 0 amide bonds. The molecule has 0 aliphatic rings. The summed E-state index contributed by atoms with van der Waals surface area (Å²) in [5.41, 5.74) is 1.57. The lowest BCUT2D eigenvalue weighted by Gasteiger charge is -2.04. The van der Waals surface area contributed by atoms with E-state index in [4.69, 9.17) is 28.3 Å². The fourth-order valence-electron chi connectivity index (χ4n) is 2.11. The lowest BCUT2D eigenvalue weighted by atomic mass is 10.3. The van der Waals surface area contributed by atoms with Gasteiger partial charge in [-0.2, -0.15) is 0 Å². The summed E-state index contributed by atoms with van der Waals surface area (Å²) in [5.74, 6) is 0.812. The van der Waals surface area contributed by atoms with Crippen LogP contribution in [-0.4, -0.2) is 36.3 Å². The summed E-state index contributed by atoms with van der Waals surface area (Å²) in [4.78, 5) is 4.20. The fraction of sp³-hybridized carbons (Fsp3) is 0.214. The van der Waals surface area contributed by atoms with Crippen molar-refractivity contribution in [2.45, 2.75) is 13.0 Å². The molecule has 0 bridgehead atoms. The highest BCUT2D eigenvalue weighted by molar-refractivity contribution is 6.42. The highest BCUT2D eigenvalue weighted by Crippen LogP contribution is 2.24. The minimum atomic E-state index is 0.0625. The first-order valence-corrected chi connectivity index (χ1v) is 7.40. The van der Waals surface area contributed by atoms with Crippen LogP contribution in [0.5, 0.6) is 0 Å². The Morgan fingerprint density at radius 3 is 2.82 bits per heavy atom. The standard InChI is InChI=1S/C14H13Cl2N5O/c15-12-2-1-11(7-13(12)16)21-9-10(18-19-21)8-20-5-4-17-14(20)3-6-22/h1-2,4-5,7,9,22H,3,6,8H2. The van der Waals surface area contributed by atoms with Crippen molar-refractivity contribution in [3.05, 3.63) is 58.4 Å². The van der Waals surface area contributed by atoms with Crippen molar-refractivity contribution < 1.29 is 5.11 Å². The van der Waals surface area contributed by atoms with Gasteiger partial charge in [-0.3, -0.25) is 0 Å². The van der Waals surface area contributed by atoms with Gasteiger partial charge in [-0.15, -0.1) is 5.10 Å². The topological polar surface area (TPSA) is 68.8 Å². The molecule has 0 radical (unpaired) electrons. The zero-order chi connectivity index (χ0) is 15.5. The molecule has 6 nitrogen and oxygen atoms in total. The third-order valence-electron chi connectivity index (χ3n) is 3.18. The number of aliphatic hydroxyl groups excluding tert-OH is 1. The second-order valence-corrected chi connectivity index (χ2v) is 5.51. The molecule has 0 aliphatic heterocycles. The smallest absolute Gasteiger partial charge is 0.111 e. The van der Waals surface area contributed by atoms with E-state index in [0.717, 1.165) is 17.2 Å². The van der Waals surface area contributed by atoms with E-state index in [0.29, 0.717) is 23.0 Å². The van der Waals surface area contributed by atoms with Crippen LogP contribution in [0.4, 0.5) is 0 Å². The van der Waals surface area contributed by atoms with E-state index >= 15 is 0 Å². The number of hydrogen-bond donors (Lipinski definition) is 1. The summed E-state index contributed by atoms with van der Waals surface area (Å²) in [7, 11) is 0. The van der Waals surface area contributed by atoms with E-state index in [-0.39, 0.29) is 6.61 Å². The van der Waals surface area contributed by atoms with Gasteiger partial charge in [0.15, 0.2) is 0 Å². The summed E-state index contributed by atoms with van der Waals surface area (Å²) in [6.07, 6.45) is 5.88. The van der Waals surface area contributed by atoms with Gasteiger partial charge in [0.05, 0.1) is 35.1 Å². The molecule has 0 saturated heterocycles. The first kappa shape index (κ1) is 15.0. The average molecular weight is 338 g/mol. The predicted molar refractivity (Wildman–Crippen MR) is 83.5 cm³/mol.